The number of aliphatic hydroxyl groups excluding tert-OH is 1. The standard InChI is InChI=1S/C20H26O3/c1-19-7-5-13(22)10-17(19)12(11-21)9-14-15-3-4-18(23)20(15,2)8-6-16(14)19/h5,7,10,12,14-16,21H,3-4,6,8-9,11H2,1-2H3/t12?,14?,15?,16?,19?,20-/m0/s1. The Balaban J connectivity index is 1.77. The molecule has 4 aliphatic rings. The summed E-state index contributed by atoms with van der Waals surface area (Å²) in [6.45, 7) is 4.51. The number of Topliss-reactive ketones (excluding diaryl/α,β-unsaturated/α-hetero) is 1. The summed E-state index contributed by atoms with van der Waals surface area (Å²) in [7, 11) is 0. The Kier molecular flexibility index (Phi) is 3.26. The number of rotatable bonds is 1. The Hall–Kier alpha value is -1.22. The lowest BCUT2D eigenvalue weighted by Crippen LogP contribution is -2.52. The van der Waals surface area contributed by atoms with Crippen LogP contribution in [0.15, 0.2) is 23.8 Å². The maximum absolute atomic E-state index is 12.4. The second kappa shape index (κ2) is 4.89. The third-order valence-corrected chi connectivity index (χ3v) is 7.65. The molecule has 0 bridgehead atoms. The fraction of sp³-hybridized carbons (Fsp3) is 0.700. The Labute approximate surface area is 137 Å². The minimum Gasteiger partial charge on any atom is -0.396 e. The Bertz CT molecular complexity index is 631. The molecule has 5 unspecified atom stereocenters. The third kappa shape index (κ3) is 1.92. The van der Waals surface area contributed by atoms with E-state index in [0.29, 0.717) is 23.5 Å². The molecule has 0 saturated heterocycles. The van der Waals surface area contributed by atoms with E-state index < -0.39 is 0 Å². The molecule has 1 N–H and O–H groups in total. The molecular weight excluding hydrogens is 288 g/mol. The quantitative estimate of drug-likeness (QED) is 0.809. The number of hydrogen-bond acceptors (Lipinski definition) is 3. The third-order valence-electron chi connectivity index (χ3n) is 7.65. The van der Waals surface area contributed by atoms with Crippen LogP contribution < -0.4 is 0 Å². The molecule has 0 aromatic rings. The molecule has 4 aliphatic carbocycles. The number of aliphatic hydroxyl groups is 1. The van der Waals surface area contributed by atoms with E-state index in [-0.39, 0.29) is 29.1 Å². The van der Waals surface area contributed by atoms with Crippen LogP contribution in [0.4, 0.5) is 0 Å². The van der Waals surface area contributed by atoms with E-state index in [2.05, 4.69) is 19.9 Å². The molecule has 4 rings (SSSR count). The molecule has 0 aromatic carbocycles. The van der Waals surface area contributed by atoms with Gasteiger partial charge in [0.05, 0.1) is 0 Å². The summed E-state index contributed by atoms with van der Waals surface area (Å²) in [5.74, 6) is 1.98. The number of ketones is 2. The molecule has 0 aromatic heterocycles. The molecule has 3 saturated carbocycles. The summed E-state index contributed by atoms with van der Waals surface area (Å²) in [6, 6.07) is 0. The summed E-state index contributed by atoms with van der Waals surface area (Å²) in [4.78, 5) is 24.3. The summed E-state index contributed by atoms with van der Waals surface area (Å²) in [5, 5.41) is 9.93. The minimum absolute atomic E-state index is 0.0473. The molecule has 3 nitrogen and oxygen atoms in total. The van der Waals surface area contributed by atoms with Gasteiger partial charge in [-0.05, 0) is 55.6 Å². The number of hydrogen-bond donors (Lipinski definition) is 1. The van der Waals surface area contributed by atoms with E-state index in [0.717, 1.165) is 37.7 Å². The second-order valence-electron chi connectivity index (χ2n) is 8.53. The highest BCUT2D eigenvalue weighted by Gasteiger charge is 2.59. The summed E-state index contributed by atoms with van der Waals surface area (Å²) in [5.41, 5.74) is 0.853. The molecule has 0 aliphatic heterocycles. The smallest absolute Gasteiger partial charge is 0.178 e. The molecular formula is C20H26O3. The van der Waals surface area contributed by atoms with Gasteiger partial charge in [-0.1, -0.05) is 25.5 Å². The maximum atomic E-state index is 12.4. The SMILES string of the molecule is CC12C=CC(=O)C=C1C(CO)CC1C2CC[C@]2(C)C(=O)CCC12. The van der Waals surface area contributed by atoms with Gasteiger partial charge in [0.1, 0.15) is 5.78 Å². The Morgan fingerprint density at radius 3 is 2.74 bits per heavy atom. The normalized spacial score (nSPS) is 48.6. The van der Waals surface area contributed by atoms with Crippen molar-refractivity contribution in [3.63, 3.8) is 0 Å². The highest BCUT2D eigenvalue weighted by Crippen LogP contribution is 2.64. The van der Waals surface area contributed by atoms with E-state index in [1.54, 1.807) is 12.2 Å². The van der Waals surface area contributed by atoms with Gasteiger partial charge in [-0.25, -0.2) is 0 Å². The van der Waals surface area contributed by atoms with Gasteiger partial charge >= 0.3 is 0 Å². The molecule has 23 heavy (non-hydrogen) atoms. The summed E-state index contributed by atoms with van der Waals surface area (Å²) >= 11 is 0. The first-order chi connectivity index (χ1) is 10.9. The Morgan fingerprint density at radius 1 is 1.22 bits per heavy atom. The molecule has 0 amide bonds. The van der Waals surface area contributed by atoms with Crippen molar-refractivity contribution in [1.82, 2.24) is 0 Å². The average Bonchev–Trinajstić information content (AvgIpc) is 2.83. The predicted octanol–water partition coefficient (Wildman–Crippen LogP) is 3.08. The number of carbonyl (C=O) groups is 2. The van der Waals surface area contributed by atoms with Crippen molar-refractivity contribution in [3.8, 4) is 0 Å². The second-order valence-corrected chi connectivity index (χ2v) is 8.53. The van der Waals surface area contributed by atoms with E-state index in [4.69, 9.17) is 0 Å². The molecule has 0 spiro atoms. The van der Waals surface area contributed by atoms with Gasteiger partial charge in [0, 0.05) is 29.8 Å². The first kappa shape index (κ1) is 15.3. The zero-order chi connectivity index (χ0) is 16.4. The molecule has 3 fully saturated rings. The van der Waals surface area contributed by atoms with Crippen LogP contribution in [0, 0.1) is 34.5 Å². The van der Waals surface area contributed by atoms with Crippen LogP contribution in [0.5, 0.6) is 0 Å². The lowest BCUT2D eigenvalue weighted by Gasteiger charge is -2.57. The van der Waals surface area contributed by atoms with E-state index in [1.807, 2.05) is 0 Å². The zero-order valence-electron chi connectivity index (χ0n) is 14.0. The van der Waals surface area contributed by atoms with Gasteiger partial charge in [-0.3, -0.25) is 9.59 Å². The van der Waals surface area contributed by atoms with Gasteiger partial charge in [-0.2, -0.15) is 0 Å². The average molecular weight is 314 g/mol. The lowest BCUT2D eigenvalue weighted by molar-refractivity contribution is -0.132. The number of allylic oxidation sites excluding steroid dienone is 3. The van der Waals surface area contributed by atoms with E-state index in [9.17, 15) is 14.7 Å². The predicted molar refractivity (Wildman–Crippen MR) is 87.6 cm³/mol. The van der Waals surface area contributed by atoms with Gasteiger partial charge in [0.25, 0.3) is 0 Å². The van der Waals surface area contributed by atoms with Gasteiger partial charge in [0.15, 0.2) is 5.78 Å². The minimum atomic E-state index is -0.146. The van der Waals surface area contributed by atoms with Crippen LogP contribution in [0.2, 0.25) is 0 Å². The van der Waals surface area contributed by atoms with Crippen LogP contribution in [-0.4, -0.2) is 23.3 Å². The van der Waals surface area contributed by atoms with E-state index >= 15 is 0 Å². The molecule has 0 radical (unpaired) electrons. The first-order valence-electron chi connectivity index (χ1n) is 8.99. The van der Waals surface area contributed by atoms with Crippen LogP contribution >= 0.6 is 0 Å². The largest absolute Gasteiger partial charge is 0.396 e. The van der Waals surface area contributed by atoms with Crippen molar-refractivity contribution < 1.29 is 14.7 Å². The lowest BCUT2D eigenvalue weighted by atomic mass is 9.46. The Morgan fingerprint density at radius 2 is 2.00 bits per heavy atom. The molecule has 124 valence electrons. The van der Waals surface area contributed by atoms with Crippen LogP contribution in [0.3, 0.4) is 0 Å². The van der Waals surface area contributed by atoms with Crippen molar-refractivity contribution in [3.05, 3.63) is 23.8 Å². The summed E-state index contributed by atoms with van der Waals surface area (Å²) in [6.07, 6.45) is 10.2. The van der Waals surface area contributed by atoms with Gasteiger partial charge in [-0.15, -0.1) is 0 Å². The topological polar surface area (TPSA) is 54.4 Å². The molecule has 6 atom stereocenters. The van der Waals surface area contributed by atoms with Crippen molar-refractivity contribution >= 4 is 11.6 Å². The fourth-order valence-corrected chi connectivity index (χ4v) is 6.36. The highest BCUT2D eigenvalue weighted by molar-refractivity contribution is 6.01. The summed E-state index contributed by atoms with van der Waals surface area (Å²) < 4.78 is 0. The maximum Gasteiger partial charge on any atom is 0.178 e. The van der Waals surface area contributed by atoms with Gasteiger partial charge < -0.3 is 5.11 Å². The van der Waals surface area contributed by atoms with E-state index in [1.165, 1.54) is 0 Å². The van der Waals surface area contributed by atoms with Gasteiger partial charge in [0.2, 0.25) is 0 Å². The fourth-order valence-electron chi connectivity index (χ4n) is 6.36. The van der Waals surface area contributed by atoms with Crippen molar-refractivity contribution in [1.29, 1.82) is 0 Å². The first-order valence-corrected chi connectivity index (χ1v) is 8.99. The van der Waals surface area contributed by atoms with Crippen LogP contribution in [0.25, 0.3) is 0 Å². The number of fused-ring (bicyclic) bond motifs is 5. The van der Waals surface area contributed by atoms with Crippen molar-refractivity contribution in [2.45, 2.75) is 46.0 Å². The molecule has 0 heterocycles. The zero-order valence-corrected chi connectivity index (χ0v) is 14.0. The molecule has 3 heteroatoms. The van der Waals surface area contributed by atoms with Crippen LogP contribution in [0.1, 0.15) is 46.0 Å². The van der Waals surface area contributed by atoms with Crippen molar-refractivity contribution in [2.24, 2.45) is 34.5 Å². The number of carbonyl (C=O) groups excluding carboxylic acids is 2. The monoisotopic (exact) mass is 314 g/mol. The highest BCUT2D eigenvalue weighted by atomic mass is 16.3. The van der Waals surface area contributed by atoms with Crippen LogP contribution in [-0.2, 0) is 9.59 Å². The van der Waals surface area contributed by atoms with Crippen molar-refractivity contribution in [2.75, 3.05) is 6.61 Å².